The Bertz CT molecular complexity index is 1170. The van der Waals surface area contributed by atoms with Crippen molar-refractivity contribution in [3.05, 3.63) is 24.5 Å². The average molecular weight is 417 g/mol. The molecule has 0 saturated carbocycles. The number of benzene rings is 1. The first kappa shape index (κ1) is 18.1. The summed E-state index contributed by atoms with van der Waals surface area (Å²) in [5, 5.41) is 8.13. The topological polar surface area (TPSA) is 116 Å². The zero-order chi connectivity index (χ0) is 20.0. The van der Waals surface area contributed by atoms with E-state index in [9.17, 15) is 8.42 Å². The molecule has 4 heterocycles. The molecular weight excluding hydrogens is 398 g/mol. The van der Waals surface area contributed by atoms with Crippen LogP contribution in [0.5, 0.6) is 11.5 Å². The van der Waals surface area contributed by atoms with Crippen LogP contribution in [0.4, 0.5) is 5.82 Å². The fourth-order valence-electron chi connectivity index (χ4n) is 3.55. The van der Waals surface area contributed by atoms with Crippen molar-refractivity contribution in [2.75, 3.05) is 44.3 Å². The van der Waals surface area contributed by atoms with E-state index in [0.29, 0.717) is 67.9 Å². The molecule has 11 nitrogen and oxygen atoms in total. The number of aromatic nitrogens is 5. The maximum Gasteiger partial charge on any atom is 0.243 e. The van der Waals surface area contributed by atoms with Gasteiger partial charge < -0.3 is 14.4 Å². The van der Waals surface area contributed by atoms with Crippen LogP contribution in [0.25, 0.3) is 11.2 Å². The Morgan fingerprint density at radius 1 is 1.00 bits per heavy atom. The van der Waals surface area contributed by atoms with Crippen LogP contribution in [0.15, 0.2) is 29.4 Å². The molecule has 1 fully saturated rings. The van der Waals surface area contributed by atoms with Gasteiger partial charge in [0.25, 0.3) is 0 Å². The van der Waals surface area contributed by atoms with Gasteiger partial charge >= 0.3 is 0 Å². The van der Waals surface area contributed by atoms with Crippen molar-refractivity contribution in [3.8, 4) is 11.5 Å². The normalized spacial score (nSPS) is 17.6. The van der Waals surface area contributed by atoms with Gasteiger partial charge in [0, 0.05) is 39.3 Å². The Morgan fingerprint density at radius 3 is 2.55 bits per heavy atom. The highest BCUT2D eigenvalue weighted by atomic mass is 32.2. The van der Waals surface area contributed by atoms with Crippen LogP contribution < -0.4 is 14.4 Å². The van der Waals surface area contributed by atoms with E-state index >= 15 is 0 Å². The van der Waals surface area contributed by atoms with Gasteiger partial charge in [-0.3, -0.25) is 0 Å². The minimum atomic E-state index is -3.63. The van der Waals surface area contributed by atoms with Gasteiger partial charge in [0.05, 0.1) is 4.90 Å². The van der Waals surface area contributed by atoms with Crippen LogP contribution in [0, 0.1) is 0 Å². The summed E-state index contributed by atoms with van der Waals surface area (Å²) in [5.41, 5.74) is 1.25. The second-order valence-corrected chi connectivity index (χ2v) is 8.72. The molecule has 0 radical (unpaired) electrons. The quantitative estimate of drug-likeness (QED) is 0.582. The van der Waals surface area contributed by atoms with Gasteiger partial charge in [-0.2, -0.15) is 4.31 Å². The van der Waals surface area contributed by atoms with Gasteiger partial charge in [0.15, 0.2) is 28.5 Å². The van der Waals surface area contributed by atoms with E-state index in [1.807, 2.05) is 4.90 Å². The van der Waals surface area contributed by atoms with Crippen molar-refractivity contribution >= 4 is 27.0 Å². The number of sulfonamides is 1. The van der Waals surface area contributed by atoms with E-state index in [1.54, 1.807) is 23.9 Å². The van der Waals surface area contributed by atoms with Gasteiger partial charge in [-0.25, -0.2) is 23.1 Å². The lowest BCUT2D eigenvalue weighted by Crippen LogP contribution is -2.49. The molecule has 1 aromatic carbocycles. The predicted molar refractivity (Wildman–Crippen MR) is 103 cm³/mol. The fraction of sp³-hybridized carbons (Fsp3) is 0.412. The number of aryl methyl sites for hydroxylation is 1. The summed E-state index contributed by atoms with van der Waals surface area (Å²) >= 11 is 0. The zero-order valence-corrected chi connectivity index (χ0v) is 16.5. The Morgan fingerprint density at radius 2 is 1.76 bits per heavy atom. The molecule has 1 saturated heterocycles. The summed E-state index contributed by atoms with van der Waals surface area (Å²) in [7, 11) is -1.87. The Kier molecular flexibility index (Phi) is 4.24. The molecule has 0 N–H and O–H groups in total. The van der Waals surface area contributed by atoms with Crippen LogP contribution in [0.1, 0.15) is 0 Å². The minimum absolute atomic E-state index is 0.202. The summed E-state index contributed by atoms with van der Waals surface area (Å²) in [6.07, 6.45) is 1.47. The lowest BCUT2D eigenvalue weighted by molar-refractivity contribution is 0.171. The largest absolute Gasteiger partial charge is 0.486 e. The van der Waals surface area contributed by atoms with Crippen LogP contribution in [0.3, 0.4) is 0 Å². The highest BCUT2D eigenvalue weighted by molar-refractivity contribution is 7.89. The lowest BCUT2D eigenvalue weighted by atomic mass is 10.3. The number of nitrogens with zero attached hydrogens (tertiary/aromatic N) is 7. The van der Waals surface area contributed by atoms with Crippen molar-refractivity contribution in [2.45, 2.75) is 4.90 Å². The van der Waals surface area contributed by atoms with Crippen LogP contribution >= 0.6 is 0 Å². The molecule has 3 aromatic rings. The van der Waals surface area contributed by atoms with Crippen molar-refractivity contribution in [3.63, 3.8) is 0 Å². The molecule has 2 aromatic heterocycles. The number of hydrogen-bond donors (Lipinski definition) is 0. The van der Waals surface area contributed by atoms with E-state index in [2.05, 4.69) is 20.3 Å². The van der Waals surface area contributed by atoms with E-state index in [0.717, 1.165) is 0 Å². The van der Waals surface area contributed by atoms with Gasteiger partial charge in [0.1, 0.15) is 19.5 Å². The molecule has 29 heavy (non-hydrogen) atoms. The first-order valence-corrected chi connectivity index (χ1v) is 10.6. The maximum atomic E-state index is 13.1. The highest BCUT2D eigenvalue weighted by Gasteiger charge is 2.31. The number of fused-ring (bicyclic) bond motifs is 2. The maximum absolute atomic E-state index is 13.1. The van der Waals surface area contributed by atoms with E-state index < -0.39 is 10.0 Å². The average Bonchev–Trinajstić information content (AvgIpc) is 3.14. The smallest absolute Gasteiger partial charge is 0.243 e. The Hall–Kier alpha value is -2.99. The summed E-state index contributed by atoms with van der Waals surface area (Å²) in [5.74, 6) is 1.69. The van der Waals surface area contributed by atoms with Crippen molar-refractivity contribution < 1.29 is 17.9 Å². The first-order chi connectivity index (χ1) is 14.0. The first-order valence-electron chi connectivity index (χ1n) is 9.19. The number of rotatable bonds is 3. The molecule has 2 aliphatic rings. The third-order valence-electron chi connectivity index (χ3n) is 5.06. The van der Waals surface area contributed by atoms with Gasteiger partial charge in [-0.15, -0.1) is 5.10 Å². The molecular formula is C17H19N7O4S. The van der Waals surface area contributed by atoms with Crippen molar-refractivity contribution in [1.82, 2.24) is 29.3 Å². The number of piperazine rings is 1. The molecule has 0 atom stereocenters. The molecule has 152 valence electrons. The van der Waals surface area contributed by atoms with Gasteiger partial charge in [0.2, 0.25) is 10.0 Å². The fourth-order valence-corrected chi connectivity index (χ4v) is 4.98. The number of anilines is 1. The third-order valence-corrected chi connectivity index (χ3v) is 6.95. The zero-order valence-electron chi connectivity index (χ0n) is 15.7. The molecule has 0 unspecified atom stereocenters. The molecule has 2 aliphatic heterocycles. The second-order valence-electron chi connectivity index (χ2n) is 6.78. The van der Waals surface area contributed by atoms with Crippen LogP contribution in [-0.4, -0.2) is 77.1 Å². The summed E-state index contributed by atoms with van der Waals surface area (Å²) in [6, 6.07) is 4.73. The summed E-state index contributed by atoms with van der Waals surface area (Å²) < 4.78 is 40.2. The highest BCUT2D eigenvalue weighted by Crippen LogP contribution is 2.33. The SMILES string of the molecule is Cn1nnc2c(N3CCN(S(=O)(=O)c4ccc5c(c4)OCCO5)CC3)ncnc21. The van der Waals surface area contributed by atoms with E-state index in [-0.39, 0.29) is 4.90 Å². The standard InChI is InChI=1S/C17H19N7O4S/c1-22-16-15(20-21-22)17(19-11-18-16)23-4-6-24(7-5-23)29(25,26)12-2-3-13-14(10-12)28-9-8-27-13/h2-3,10-11H,4-9H2,1H3. The second kappa shape index (κ2) is 6.81. The Balaban J connectivity index is 1.36. The predicted octanol–water partition coefficient (Wildman–Crippen LogP) is 0.0404. The summed E-state index contributed by atoms with van der Waals surface area (Å²) in [6.45, 7) is 2.53. The molecule has 0 amide bonds. The molecule has 0 spiro atoms. The molecule has 5 rings (SSSR count). The van der Waals surface area contributed by atoms with E-state index in [4.69, 9.17) is 9.47 Å². The number of ether oxygens (including phenoxy) is 2. The van der Waals surface area contributed by atoms with Crippen molar-refractivity contribution in [2.24, 2.45) is 7.05 Å². The molecule has 0 aliphatic carbocycles. The van der Waals surface area contributed by atoms with Gasteiger partial charge in [-0.05, 0) is 12.1 Å². The minimum Gasteiger partial charge on any atom is -0.486 e. The summed E-state index contributed by atoms with van der Waals surface area (Å²) in [4.78, 5) is 10.7. The van der Waals surface area contributed by atoms with Crippen LogP contribution in [-0.2, 0) is 17.1 Å². The monoisotopic (exact) mass is 417 g/mol. The van der Waals surface area contributed by atoms with Crippen LogP contribution in [0.2, 0.25) is 0 Å². The number of hydrogen-bond acceptors (Lipinski definition) is 9. The van der Waals surface area contributed by atoms with E-state index in [1.165, 1.54) is 16.7 Å². The molecule has 0 bridgehead atoms. The lowest BCUT2D eigenvalue weighted by Gasteiger charge is -2.34. The van der Waals surface area contributed by atoms with Crippen molar-refractivity contribution in [1.29, 1.82) is 0 Å². The molecule has 12 heteroatoms. The Labute approximate surface area is 166 Å². The third kappa shape index (κ3) is 3.04. The van der Waals surface area contributed by atoms with Gasteiger partial charge in [-0.1, -0.05) is 5.21 Å².